The molecule has 2 fully saturated rings. The van der Waals surface area contributed by atoms with Crippen LogP contribution in [-0.2, 0) is 4.74 Å². The van der Waals surface area contributed by atoms with E-state index in [1.807, 2.05) is 19.3 Å². The van der Waals surface area contributed by atoms with E-state index in [1.165, 1.54) is 31.4 Å². The third-order valence-corrected chi connectivity index (χ3v) is 5.27. The number of hydrogen-bond donors (Lipinski definition) is 0. The van der Waals surface area contributed by atoms with Gasteiger partial charge in [0.1, 0.15) is 5.75 Å². The van der Waals surface area contributed by atoms with E-state index in [1.54, 1.807) is 6.20 Å². The Morgan fingerprint density at radius 2 is 2.12 bits per heavy atom. The molecule has 2 aliphatic rings. The van der Waals surface area contributed by atoms with Crippen LogP contribution >= 0.6 is 0 Å². The number of hydrogen-bond acceptors (Lipinski definition) is 4. The lowest BCUT2D eigenvalue weighted by atomic mass is 9.77. The molecule has 5 nitrogen and oxygen atoms in total. The first-order valence-electron chi connectivity index (χ1n) is 8.97. The zero-order chi connectivity index (χ0) is 16.4. The van der Waals surface area contributed by atoms with Crippen molar-refractivity contribution in [1.82, 2.24) is 14.8 Å². The Kier molecular flexibility index (Phi) is 4.52. The maximum Gasteiger partial charge on any atom is 0.137 e. The van der Waals surface area contributed by atoms with E-state index in [0.717, 1.165) is 31.1 Å². The van der Waals surface area contributed by atoms with Gasteiger partial charge < -0.3 is 9.47 Å². The third-order valence-electron chi connectivity index (χ3n) is 5.27. The van der Waals surface area contributed by atoms with Gasteiger partial charge in [-0.25, -0.2) is 0 Å². The van der Waals surface area contributed by atoms with E-state index in [4.69, 9.17) is 9.47 Å². The molecule has 2 atom stereocenters. The van der Waals surface area contributed by atoms with E-state index < -0.39 is 0 Å². The maximum absolute atomic E-state index is 6.08. The van der Waals surface area contributed by atoms with Gasteiger partial charge in [-0.15, -0.1) is 0 Å². The molecule has 0 radical (unpaired) electrons. The summed E-state index contributed by atoms with van der Waals surface area (Å²) >= 11 is 0. The van der Waals surface area contributed by atoms with Crippen molar-refractivity contribution in [2.75, 3.05) is 19.8 Å². The highest BCUT2D eigenvalue weighted by atomic mass is 16.5. The van der Waals surface area contributed by atoms with Gasteiger partial charge in [-0.05, 0) is 37.5 Å². The Morgan fingerprint density at radius 1 is 1.25 bits per heavy atom. The molecule has 0 bridgehead atoms. The predicted molar refractivity (Wildman–Crippen MR) is 91.3 cm³/mol. The Bertz CT molecular complexity index is 681. The Hall–Kier alpha value is -1.88. The molecule has 0 amide bonds. The van der Waals surface area contributed by atoms with Gasteiger partial charge in [0.25, 0.3) is 0 Å². The SMILES string of the molecule is Cc1cncc(OCC2CCCCC2c2ccnn2C2COC2)c1. The summed E-state index contributed by atoms with van der Waals surface area (Å²) in [5.74, 6) is 1.94. The minimum absolute atomic E-state index is 0.416. The van der Waals surface area contributed by atoms with Crippen molar-refractivity contribution in [3.63, 3.8) is 0 Å². The van der Waals surface area contributed by atoms with Crippen molar-refractivity contribution in [3.8, 4) is 5.75 Å². The van der Waals surface area contributed by atoms with Crippen molar-refractivity contribution in [1.29, 1.82) is 0 Å². The monoisotopic (exact) mass is 327 g/mol. The molecule has 0 spiro atoms. The predicted octanol–water partition coefficient (Wildman–Crippen LogP) is 3.51. The van der Waals surface area contributed by atoms with Crippen molar-refractivity contribution >= 4 is 0 Å². The van der Waals surface area contributed by atoms with Crippen LogP contribution in [0, 0.1) is 12.8 Å². The molecule has 3 heterocycles. The normalized spacial score (nSPS) is 24.5. The minimum Gasteiger partial charge on any atom is -0.492 e. The van der Waals surface area contributed by atoms with E-state index >= 15 is 0 Å². The molecule has 2 unspecified atom stereocenters. The molecule has 0 N–H and O–H groups in total. The average Bonchev–Trinajstić information content (AvgIpc) is 3.00. The highest BCUT2D eigenvalue weighted by Crippen LogP contribution is 2.39. The first-order chi connectivity index (χ1) is 11.8. The van der Waals surface area contributed by atoms with Crippen molar-refractivity contribution in [3.05, 3.63) is 42.0 Å². The van der Waals surface area contributed by atoms with Crippen LogP contribution in [0.3, 0.4) is 0 Å². The number of aryl methyl sites for hydroxylation is 1. The number of nitrogens with zero attached hydrogens (tertiary/aromatic N) is 3. The van der Waals surface area contributed by atoms with Crippen LogP contribution in [0.15, 0.2) is 30.7 Å². The van der Waals surface area contributed by atoms with Gasteiger partial charge in [-0.2, -0.15) is 5.10 Å². The third kappa shape index (κ3) is 3.18. The lowest BCUT2D eigenvalue weighted by molar-refractivity contribution is -0.0310. The molecule has 0 aromatic carbocycles. The summed E-state index contributed by atoms with van der Waals surface area (Å²) in [4.78, 5) is 4.22. The quantitative estimate of drug-likeness (QED) is 0.843. The lowest BCUT2D eigenvalue weighted by Gasteiger charge is -2.35. The largest absolute Gasteiger partial charge is 0.492 e. The second kappa shape index (κ2) is 6.93. The molecule has 5 heteroatoms. The van der Waals surface area contributed by atoms with Crippen LogP contribution in [0.4, 0.5) is 0 Å². The van der Waals surface area contributed by atoms with Gasteiger partial charge in [-0.1, -0.05) is 12.8 Å². The zero-order valence-electron chi connectivity index (χ0n) is 14.2. The standard InChI is InChI=1S/C19H25N3O2/c1-14-8-17(10-20-9-14)24-11-15-4-2-3-5-18(15)19-6-7-21-22(19)16-12-23-13-16/h6-10,15-16,18H,2-5,11-13H2,1H3. The Morgan fingerprint density at radius 3 is 2.92 bits per heavy atom. The van der Waals surface area contributed by atoms with Crippen LogP contribution in [0.2, 0.25) is 0 Å². The molecule has 1 aliphatic carbocycles. The summed E-state index contributed by atoms with van der Waals surface area (Å²) in [6, 6.07) is 4.66. The van der Waals surface area contributed by atoms with Gasteiger partial charge in [-0.3, -0.25) is 9.67 Å². The van der Waals surface area contributed by atoms with Crippen LogP contribution in [0.25, 0.3) is 0 Å². The minimum atomic E-state index is 0.416. The fraction of sp³-hybridized carbons (Fsp3) is 0.579. The van der Waals surface area contributed by atoms with E-state index in [-0.39, 0.29) is 0 Å². The zero-order valence-corrected chi connectivity index (χ0v) is 14.2. The summed E-state index contributed by atoms with van der Waals surface area (Å²) < 4.78 is 13.6. The van der Waals surface area contributed by atoms with E-state index in [9.17, 15) is 0 Å². The van der Waals surface area contributed by atoms with E-state index in [0.29, 0.717) is 17.9 Å². The molecule has 1 aliphatic heterocycles. The molecular weight excluding hydrogens is 302 g/mol. The second-order valence-corrected chi connectivity index (χ2v) is 7.05. The van der Waals surface area contributed by atoms with Gasteiger partial charge in [0.2, 0.25) is 0 Å². The molecule has 2 aromatic rings. The number of aromatic nitrogens is 3. The highest BCUT2D eigenvalue weighted by molar-refractivity contribution is 5.22. The smallest absolute Gasteiger partial charge is 0.137 e. The van der Waals surface area contributed by atoms with Crippen LogP contribution < -0.4 is 4.74 Å². The van der Waals surface area contributed by atoms with Gasteiger partial charge in [0.15, 0.2) is 0 Å². The van der Waals surface area contributed by atoms with Crippen LogP contribution in [-0.4, -0.2) is 34.6 Å². The maximum atomic E-state index is 6.08. The van der Waals surface area contributed by atoms with Crippen LogP contribution in [0.1, 0.15) is 48.9 Å². The topological polar surface area (TPSA) is 49.2 Å². The number of ether oxygens (including phenoxy) is 2. The molecule has 128 valence electrons. The fourth-order valence-corrected chi connectivity index (χ4v) is 3.89. The van der Waals surface area contributed by atoms with Gasteiger partial charge >= 0.3 is 0 Å². The molecule has 24 heavy (non-hydrogen) atoms. The number of pyridine rings is 1. The summed E-state index contributed by atoms with van der Waals surface area (Å²) in [5.41, 5.74) is 2.50. The van der Waals surface area contributed by atoms with Gasteiger partial charge in [0.05, 0.1) is 32.1 Å². The summed E-state index contributed by atoms with van der Waals surface area (Å²) in [6.07, 6.45) is 10.6. The molecule has 1 saturated carbocycles. The van der Waals surface area contributed by atoms with Crippen molar-refractivity contribution in [2.45, 2.75) is 44.6 Å². The molecule has 2 aromatic heterocycles. The van der Waals surface area contributed by atoms with Crippen molar-refractivity contribution < 1.29 is 9.47 Å². The molecule has 4 rings (SSSR count). The van der Waals surface area contributed by atoms with Crippen molar-refractivity contribution in [2.24, 2.45) is 5.92 Å². The van der Waals surface area contributed by atoms with E-state index in [2.05, 4.69) is 26.9 Å². The number of rotatable bonds is 5. The lowest BCUT2D eigenvalue weighted by Crippen LogP contribution is -2.34. The summed E-state index contributed by atoms with van der Waals surface area (Å²) in [7, 11) is 0. The summed E-state index contributed by atoms with van der Waals surface area (Å²) in [5, 5.41) is 4.56. The Balaban J connectivity index is 1.48. The fourth-order valence-electron chi connectivity index (χ4n) is 3.89. The first-order valence-corrected chi connectivity index (χ1v) is 8.97. The Labute approximate surface area is 143 Å². The highest BCUT2D eigenvalue weighted by Gasteiger charge is 2.32. The first kappa shape index (κ1) is 15.6. The molecule has 1 saturated heterocycles. The van der Waals surface area contributed by atoms with Gasteiger partial charge in [0, 0.05) is 29.9 Å². The second-order valence-electron chi connectivity index (χ2n) is 7.05. The summed E-state index contributed by atoms with van der Waals surface area (Å²) in [6.45, 7) is 4.37. The molecular formula is C19H25N3O2. The average molecular weight is 327 g/mol. The van der Waals surface area contributed by atoms with Crippen LogP contribution in [0.5, 0.6) is 5.75 Å².